The molecule has 4 bridgehead atoms. The second-order valence-corrected chi connectivity index (χ2v) is 17.3. The molecule has 0 heterocycles. The Balaban J connectivity index is 1.55. The maximum Gasteiger partial charge on any atom is 0.0409 e. The standard InChI is InChI=1S/C20H17Br5/c21-14-8-6-7-9(14)18-3-1-2-4-5(3)11-15(22)10(4)19(24,17(2,8)18)12(6)16(23)13(7)20(11,18)25/h2-16H,1H2/t2?,3?,4-,5-,6+,7+,8-,9+,10-,11+,12+,13-,14?,15?,16?,17?,18?,19+,20-/m1/s1. The molecule has 132 valence electrons. The Morgan fingerprint density at radius 3 is 1.32 bits per heavy atom. The average molecular weight is 657 g/mol. The van der Waals surface area contributed by atoms with E-state index in [1.54, 1.807) is 6.42 Å². The van der Waals surface area contributed by atoms with E-state index in [4.69, 9.17) is 31.9 Å². The largest absolute Gasteiger partial charge is 0.0884 e. The van der Waals surface area contributed by atoms with E-state index in [2.05, 4.69) is 47.8 Å². The van der Waals surface area contributed by atoms with E-state index in [-0.39, 0.29) is 0 Å². The van der Waals surface area contributed by atoms with Crippen LogP contribution in [0, 0.1) is 81.8 Å². The lowest BCUT2D eigenvalue weighted by atomic mass is 9.51. The van der Waals surface area contributed by atoms with Gasteiger partial charge >= 0.3 is 0 Å². The summed E-state index contributed by atoms with van der Waals surface area (Å²) in [6.07, 6.45) is 1.60. The highest BCUT2D eigenvalue weighted by Gasteiger charge is 3.11. The van der Waals surface area contributed by atoms with Gasteiger partial charge in [-0.05, 0) is 77.4 Å². The van der Waals surface area contributed by atoms with Crippen molar-refractivity contribution in [2.24, 2.45) is 81.8 Å². The van der Waals surface area contributed by atoms with Crippen molar-refractivity contribution < 1.29 is 0 Å². The van der Waals surface area contributed by atoms with Gasteiger partial charge in [0.15, 0.2) is 0 Å². The number of alkyl halides is 5. The van der Waals surface area contributed by atoms with Gasteiger partial charge in [0.05, 0.1) is 0 Å². The van der Waals surface area contributed by atoms with Gasteiger partial charge < -0.3 is 0 Å². The first-order valence-electron chi connectivity index (χ1n) is 10.2. The molecule has 2 spiro atoms. The Labute approximate surface area is 189 Å². The molecule has 0 aromatic rings. The molecule has 0 nitrogen and oxygen atoms in total. The first kappa shape index (κ1) is 14.4. The summed E-state index contributed by atoms with van der Waals surface area (Å²) in [5, 5.41) is 0. The lowest BCUT2D eigenvalue weighted by Crippen LogP contribution is -2.57. The molecule has 7 unspecified atom stereocenters. The van der Waals surface area contributed by atoms with Gasteiger partial charge in [-0.1, -0.05) is 79.6 Å². The van der Waals surface area contributed by atoms with Crippen molar-refractivity contribution in [2.75, 3.05) is 0 Å². The van der Waals surface area contributed by atoms with Crippen LogP contribution in [0.4, 0.5) is 0 Å². The fourth-order valence-electron chi connectivity index (χ4n) is 14.5. The highest BCUT2D eigenvalue weighted by atomic mass is 79.9. The third kappa shape index (κ3) is 0.743. The average Bonchev–Trinajstić information content (AvgIpc) is 3.32. The molecule has 25 heavy (non-hydrogen) atoms. The van der Waals surface area contributed by atoms with E-state index in [0.29, 0.717) is 19.5 Å². The minimum absolute atomic E-state index is 0.418. The van der Waals surface area contributed by atoms with E-state index in [1.165, 1.54) is 0 Å². The molecule has 0 aromatic carbocycles. The summed E-state index contributed by atoms with van der Waals surface area (Å²) in [6.45, 7) is 0. The maximum atomic E-state index is 4.74. The summed E-state index contributed by atoms with van der Waals surface area (Å²) in [6, 6.07) is 0. The van der Waals surface area contributed by atoms with Gasteiger partial charge in [-0.3, -0.25) is 0 Å². The van der Waals surface area contributed by atoms with Gasteiger partial charge in [0.25, 0.3) is 0 Å². The minimum atomic E-state index is 0.418. The Morgan fingerprint density at radius 1 is 0.520 bits per heavy atom. The van der Waals surface area contributed by atoms with Crippen LogP contribution < -0.4 is 0 Å². The molecule has 10 saturated carbocycles. The molecule has 5 heteroatoms. The number of hydrogen-bond acceptors (Lipinski definition) is 0. The summed E-state index contributed by atoms with van der Waals surface area (Å²) in [5.74, 6) is 11.6. The molecule has 19 atom stereocenters. The second-order valence-electron chi connectivity index (χ2n) is 11.5. The summed E-state index contributed by atoms with van der Waals surface area (Å²) >= 11 is 22.6. The fraction of sp³-hybridized carbons (Fsp3) is 1.00. The molecule has 0 amide bonds. The molecule has 0 saturated heterocycles. The molecule has 0 N–H and O–H groups in total. The zero-order valence-corrected chi connectivity index (χ0v) is 21.2. The van der Waals surface area contributed by atoms with E-state index >= 15 is 0 Å². The van der Waals surface area contributed by atoms with Gasteiger partial charge in [-0.2, -0.15) is 0 Å². The Bertz CT molecular complexity index is 810. The first-order chi connectivity index (χ1) is 11.9. The molecule has 10 aliphatic carbocycles. The molecule has 0 aliphatic heterocycles. The predicted octanol–water partition coefficient (Wildman–Crippen LogP) is 5.44. The summed E-state index contributed by atoms with van der Waals surface area (Å²) < 4.78 is 0.836. The van der Waals surface area contributed by atoms with E-state index in [1.807, 2.05) is 0 Å². The number of hydrogen-bond donors (Lipinski definition) is 0. The lowest BCUT2D eigenvalue weighted by Gasteiger charge is -2.55. The normalized spacial score (nSPS) is 97.1. The molecule has 0 radical (unpaired) electrons. The van der Waals surface area contributed by atoms with Gasteiger partial charge in [-0.15, -0.1) is 0 Å². The van der Waals surface area contributed by atoms with Crippen molar-refractivity contribution in [3.8, 4) is 0 Å². The topological polar surface area (TPSA) is 0 Å². The predicted molar refractivity (Wildman–Crippen MR) is 113 cm³/mol. The van der Waals surface area contributed by atoms with Crippen molar-refractivity contribution in [3.05, 3.63) is 0 Å². The van der Waals surface area contributed by atoms with Crippen molar-refractivity contribution >= 4 is 79.6 Å². The van der Waals surface area contributed by atoms with Crippen LogP contribution in [0.15, 0.2) is 0 Å². The zero-order chi connectivity index (χ0) is 16.4. The number of fused-ring (bicyclic) bond motifs is 4. The van der Waals surface area contributed by atoms with Crippen LogP contribution >= 0.6 is 79.6 Å². The smallest absolute Gasteiger partial charge is 0.0409 e. The third-order valence-electron chi connectivity index (χ3n) is 13.0. The first-order valence-corrected chi connectivity index (χ1v) is 14.6. The highest BCUT2D eigenvalue weighted by Crippen LogP contribution is 3.10. The molecular weight excluding hydrogens is 640 g/mol. The Morgan fingerprint density at radius 2 is 0.880 bits per heavy atom. The fourth-order valence-corrected chi connectivity index (χ4v) is 24.7. The van der Waals surface area contributed by atoms with Gasteiger partial charge in [0.1, 0.15) is 0 Å². The van der Waals surface area contributed by atoms with Crippen LogP contribution in [0.3, 0.4) is 0 Å². The number of rotatable bonds is 0. The zero-order valence-electron chi connectivity index (χ0n) is 13.3. The monoisotopic (exact) mass is 652 g/mol. The lowest BCUT2D eigenvalue weighted by molar-refractivity contribution is -0.0472. The van der Waals surface area contributed by atoms with Crippen LogP contribution in [0.5, 0.6) is 0 Å². The van der Waals surface area contributed by atoms with Crippen LogP contribution in [0.25, 0.3) is 0 Å². The van der Waals surface area contributed by atoms with Crippen LogP contribution in [0.1, 0.15) is 6.42 Å². The van der Waals surface area contributed by atoms with Crippen molar-refractivity contribution in [1.82, 2.24) is 0 Å². The van der Waals surface area contributed by atoms with Crippen molar-refractivity contribution in [2.45, 2.75) is 29.6 Å². The second kappa shape index (κ2) is 3.25. The van der Waals surface area contributed by atoms with Crippen molar-refractivity contribution in [1.29, 1.82) is 0 Å². The van der Waals surface area contributed by atoms with E-state index in [0.717, 1.165) is 85.5 Å². The van der Waals surface area contributed by atoms with Gasteiger partial charge in [-0.25, -0.2) is 0 Å². The molecule has 0 aromatic heterocycles. The SMILES string of the molecule is BrC1[C@@H]2[C@@H]3[C@@H]4[C@H]5C(Br)[C@@H]3[C@]3(Br)[C@@H]6C(Br)[C@H]7[C@@H]8C9CC([C@H]86)C23C9([C@@H]14)[C@@]57Br. The number of halogens is 5. The van der Waals surface area contributed by atoms with E-state index < -0.39 is 0 Å². The highest BCUT2D eigenvalue weighted by molar-refractivity contribution is 9.11. The Hall–Kier alpha value is 2.40. The van der Waals surface area contributed by atoms with Crippen LogP contribution in [-0.4, -0.2) is 23.1 Å². The van der Waals surface area contributed by atoms with Crippen molar-refractivity contribution in [3.63, 3.8) is 0 Å². The molecule has 10 fully saturated rings. The summed E-state index contributed by atoms with van der Waals surface area (Å²) in [7, 11) is 0. The Kier molecular flexibility index (Phi) is 1.87. The summed E-state index contributed by atoms with van der Waals surface area (Å²) in [4.78, 5) is 2.32. The minimum Gasteiger partial charge on any atom is -0.0884 e. The molecule has 10 aliphatic rings. The molecular formula is C20H17Br5. The quantitative estimate of drug-likeness (QED) is 0.305. The van der Waals surface area contributed by atoms with Gasteiger partial charge in [0.2, 0.25) is 0 Å². The molecule has 10 rings (SSSR count). The van der Waals surface area contributed by atoms with Crippen LogP contribution in [0.2, 0.25) is 0 Å². The third-order valence-corrected chi connectivity index (χ3v) is 19.8. The maximum absolute atomic E-state index is 4.74. The van der Waals surface area contributed by atoms with Gasteiger partial charge in [0, 0.05) is 34.0 Å². The van der Waals surface area contributed by atoms with Crippen LogP contribution in [-0.2, 0) is 0 Å². The van der Waals surface area contributed by atoms with E-state index in [9.17, 15) is 0 Å². The summed E-state index contributed by atoms with van der Waals surface area (Å²) in [5.41, 5.74) is 1.22.